The van der Waals surface area contributed by atoms with Crippen LogP contribution in [0.4, 0.5) is 0 Å². The number of carboxylic acid groups (broad SMARTS) is 2. The Morgan fingerprint density at radius 2 is 0.972 bits per heavy atom. The summed E-state index contributed by atoms with van der Waals surface area (Å²) in [5.41, 5.74) is 6.73. The van der Waals surface area contributed by atoms with E-state index >= 15 is 0 Å². The number of rotatable bonds is 25. The van der Waals surface area contributed by atoms with Gasteiger partial charge in [-0.15, -0.1) is 0 Å². The number of nitrogens with zero attached hydrogens (tertiary/aromatic N) is 4. The van der Waals surface area contributed by atoms with Gasteiger partial charge in [-0.2, -0.15) is 0 Å². The van der Waals surface area contributed by atoms with E-state index in [-0.39, 0.29) is 49.6 Å². The van der Waals surface area contributed by atoms with Gasteiger partial charge in [0.1, 0.15) is 60.5 Å². The average molecular weight is 1020 g/mol. The Morgan fingerprint density at radius 3 is 1.33 bits per heavy atom. The molecule has 0 saturated carbocycles. The van der Waals surface area contributed by atoms with E-state index in [9.17, 15) is 30.0 Å². The molecular weight excluding hydrogens is 964 g/mol. The normalized spacial score (nSPS) is 13.2. The standard InChI is InChI=1S/C54H58Cl2N6O10/c1-33-39(29-71-49-17-47(69-27-37-13-35(19-57-5)21-59-23-37)41(15-45(49)55)25-61-53(3,31-63)51(65)66)9-7-11-43(33)44-12-8-10-40(34(44)2)30-72-50-18-48(70-28-38-14-36(20-58-6)22-60-24-38)42(16-46(50)56)26-62-54(4,32-64)52(67)68/h7-24,61-64H,25-32H2,1-6H3,(H,65,66)(H,67,68)/t53-,54-/m0/s1. The molecule has 0 aliphatic heterocycles. The van der Waals surface area contributed by atoms with Gasteiger partial charge in [0, 0.05) is 110 Å². The minimum Gasteiger partial charge on any atom is -0.488 e. The highest BCUT2D eigenvalue weighted by Gasteiger charge is 2.33. The van der Waals surface area contributed by atoms with E-state index in [1.807, 2.05) is 62.4 Å². The van der Waals surface area contributed by atoms with Crippen molar-refractivity contribution < 1.29 is 49.0 Å². The summed E-state index contributed by atoms with van der Waals surface area (Å²) in [6, 6.07) is 22.4. The largest absolute Gasteiger partial charge is 0.488 e. The molecule has 2 atom stereocenters. The van der Waals surface area contributed by atoms with Crippen LogP contribution in [0.15, 0.2) is 108 Å². The average Bonchev–Trinajstić information content (AvgIpc) is 3.37. The number of aliphatic carboxylic acids is 2. The lowest BCUT2D eigenvalue weighted by atomic mass is 9.92. The first-order valence-corrected chi connectivity index (χ1v) is 23.5. The van der Waals surface area contributed by atoms with E-state index in [0.29, 0.717) is 34.1 Å². The molecule has 378 valence electrons. The fourth-order valence-corrected chi connectivity index (χ4v) is 7.89. The second kappa shape index (κ2) is 25.0. The van der Waals surface area contributed by atoms with Crippen LogP contribution in [0.25, 0.3) is 11.1 Å². The summed E-state index contributed by atoms with van der Waals surface area (Å²) < 4.78 is 25.4. The number of carbonyl (C=O) groups is 2. The van der Waals surface area contributed by atoms with Crippen LogP contribution in [-0.4, -0.2) is 93.1 Å². The molecule has 18 heteroatoms. The number of hydrogen-bond acceptors (Lipinski definition) is 14. The summed E-state index contributed by atoms with van der Waals surface area (Å²) in [5.74, 6) is -0.955. The van der Waals surface area contributed by atoms with Crippen molar-refractivity contribution in [1.82, 2.24) is 20.6 Å². The molecule has 72 heavy (non-hydrogen) atoms. The summed E-state index contributed by atoms with van der Waals surface area (Å²) in [6.45, 7) is 6.14. The fraction of sp³-hybridized carbons (Fsp3) is 0.296. The van der Waals surface area contributed by atoms with Crippen LogP contribution in [0.1, 0.15) is 69.5 Å². The summed E-state index contributed by atoms with van der Waals surface area (Å²) in [4.78, 5) is 40.6. The van der Waals surface area contributed by atoms with Crippen molar-refractivity contribution in [3.8, 4) is 34.1 Å². The van der Waals surface area contributed by atoms with Crippen molar-refractivity contribution in [3.63, 3.8) is 0 Å². The minimum absolute atomic E-state index is 0.0158. The smallest absolute Gasteiger partial charge is 0.326 e. The van der Waals surface area contributed by atoms with E-state index in [0.717, 1.165) is 55.6 Å². The molecule has 0 fully saturated rings. The third-order valence-electron chi connectivity index (χ3n) is 12.1. The van der Waals surface area contributed by atoms with Crippen LogP contribution in [0.3, 0.4) is 0 Å². The van der Waals surface area contributed by atoms with E-state index in [1.165, 1.54) is 13.8 Å². The predicted molar refractivity (Wildman–Crippen MR) is 277 cm³/mol. The first-order chi connectivity index (χ1) is 34.5. The molecule has 0 radical (unpaired) electrons. The summed E-state index contributed by atoms with van der Waals surface area (Å²) in [5, 5.41) is 45.7. The highest BCUT2D eigenvalue weighted by Crippen LogP contribution is 2.38. The van der Waals surface area contributed by atoms with Crippen molar-refractivity contribution in [2.45, 2.75) is 78.3 Å². The van der Waals surface area contributed by atoms with Gasteiger partial charge in [0.25, 0.3) is 0 Å². The third-order valence-corrected chi connectivity index (χ3v) is 12.7. The van der Waals surface area contributed by atoms with Crippen molar-refractivity contribution in [1.29, 1.82) is 0 Å². The molecular formula is C54H58Cl2N6O10. The van der Waals surface area contributed by atoms with Crippen LogP contribution < -0.4 is 29.6 Å². The Bertz CT molecular complexity index is 2760. The van der Waals surface area contributed by atoms with E-state index in [2.05, 4.69) is 30.6 Å². The SMILES string of the molecule is CN=Cc1cncc(COc2cc(OCc3cccc(-c4cccc(COc5cc(OCc6cncc(C=NC)c6)c(CN[C@@](C)(CO)C(=O)O)cc5Cl)c4C)c3C)c(Cl)cc2CN[C@@](C)(CO)C(=O)O)c1. The van der Waals surface area contributed by atoms with Crippen molar-refractivity contribution in [2.24, 2.45) is 9.98 Å². The lowest BCUT2D eigenvalue weighted by Crippen LogP contribution is -2.52. The molecule has 4 aromatic carbocycles. The number of ether oxygens (including phenoxy) is 4. The first-order valence-electron chi connectivity index (χ1n) is 22.8. The van der Waals surface area contributed by atoms with Crippen molar-refractivity contribution >= 4 is 47.6 Å². The number of carboxylic acids is 2. The molecule has 0 unspecified atom stereocenters. The van der Waals surface area contributed by atoms with Gasteiger partial charge >= 0.3 is 11.9 Å². The highest BCUT2D eigenvalue weighted by molar-refractivity contribution is 6.32. The minimum atomic E-state index is -1.61. The highest BCUT2D eigenvalue weighted by atomic mass is 35.5. The summed E-state index contributed by atoms with van der Waals surface area (Å²) in [6.07, 6.45) is 10.1. The van der Waals surface area contributed by atoms with Gasteiger partial charge in [-0.1, -0.05) is 59.6 Å². The summed E-state index contributed by atoms with van der Waals surface area (Å²) >= 11 is 13.7. The number of aromatic nitrogens is 2. The topological polar surface area (TPSA) is 227 Å². The number of hydrogen-bond donors (Lipinski definition) is 6. The fourth-order valence-electron chi connectivity index (χ4n) is 7.41. The monoisotopic (exact) mass is 1020 g/mol. The molecule has 16 nitrogen and oxygen atoms in total. The number of benzene rings is 4. The molecule has 0 aliphatic carbocycles. The molecule has 0 amide bonds. The van der Waals surface area contributed by atoms with Gasteiger partial charge in [-0.05, 0) is 85.3 Å². The Labute approximate surface area is 428 Å². The second-order valence-corrected chi connectivity index (χ2v) is 18.3. The van der Waals surface area contributed by atoms with E-state index < -0.39 is 36.2 Å². The van der Waals surface area contributed by atoms with E-state index in [4.69, 9.17) is 42.1 Å². The Balaban J connectivity index is 1.22. The Morgan fingerprint density at radius 1 is 0.583 bits per heavy atom. The maximum atomic E-state index is 12.0. The lowest BCUT2D eigenvalue weighted by molar-refractivity contribution is -0.146. The molecule has 0 spiro atoms. The predicted octanol–water partition coefficient (Wildman–Crippen LogP) is 8.33. The van der Waals surface area contributed by atoms with Crippen molar-refractivity contribution in [3.05, 3.63) is 163 Å². The van der Waals surface area contributed by atoms with Gasteiger partial charge in [-0.3, -0.25) is 40.2 Å². The van der Waals surface area contributed by atoms with Gasteiger partial charge < -0.3 is 39.4 Å². The molecule has 6 rings (SSSR count). The molecule has 0 aliphatic rings. The van der Waals surface area contributed by atoms with Crippen LogP contribution in [0.5, 0.6) is 23.0 Å². The zero-order valence-corrected chi connectivity index (χ0v) is 42.3. The number of aliphatic hydroxyl groups is 2. The number of nitrogens with one attached hydrogen (secondary N) is 2. The van der Waals surface area contributed by atoms with Crippen LogP contribution in [0, 0.1) is 13.8 Å². The van der Waals surface area contributed by atoms with Crippen LogP contribution >= 0.6 is 23.2 Å². The van der Waals surface area contributed by atoms with Crippen LogP contribution in [0.2, 0.25) is 10.0 Å². The maximum absolute atomic E-state index is 12.0. The van der Waals surface area contributed by atoms with E-state index in [1.54, 1.807) is 75.6 Å². The van der Waals surface area contributed by atoms with Gasteiger partial charge in [0.2, 0.25) is 0 Å². The number of halogens is 2. The van der Waals surface area contributed by atoms with Crippen molar-refractivity contribution in [2.75, 3.05) is 27.3 Å². The number of aliphatic hydroxyl groups excluding tert-OH is 2. The second-order valence-electron chi connectivity index (χ2n) is 17.4. The zero-order chi connectivity index (χ0) is 52.0. The zero-order valence-electron chi connectivity index (χ0n) is 40.8. The quantitative estimate of drug-likeness (QED) is 0.0297. The molecule has 2 aromatic heterocycles. The Kier molecular flexibility index (Phi) is 18.9. The number of aliphatic imine (C=N–C) groups is 2. The molecule has 6 aromatic rings. The Hall–Kier alpha value is -6.92. The van der Waals surface area contributed by atoms with Crippen LogP contribution in [-0.2, 0) is 49.1 Å². The third kappa shape index (κ3) is 13.7. The molecule has 6 N–H and O–H groups in total. The molecule has 0 bridgehead atoms. The van der Waals surface area contributed by atoms with Gasteiger partial charge in [0.15, 0.2) is 0 Å². The summed E-state index contributed by atoms with van der Waals surface area (Å²) in [7, 11) is 3.34. The first kappa shape index (κ1) is 54.4. The molecule has 2 heterocycles. The van der Waals surface area contributed by atoms with Gasteiger partial charge in [-0.25, -0.2) is 0 Å². The van der Waals surface area contributed by atoms with Gasteiger partial charge in [0.05, 0.1) is 23.3 Å². The lowest BCUT2D eigenvalue weighted by Gasteiger charge is -2.25. The maximum Gasteiger partial charge on any atom is 0.326 e. The number of pyridine rings is 2. The molecule has 0 saturated heterocycles.